The van der Waals surface area contributed by atoms with E-state index < -0.39 is 0 Å². The molecule has 0 aliphatic rings. The van der Waals surface area contributed by atoms with Gasteiger partial charge in [-0.1, -0.05) is 23.4 Å². The van der Waals surface area contributed by atoms with E-state index in [1.165, 1.54) is 11.8 Å². The molecular formula is C10H9ClN2OS. The van der Waals surface area contributed by atoms with Crippen LogP contribution in [0.5, 0.6) is 0 Å². The minimum absolute atomic E-state index is 0.464. The second kappa shape index (κ2) is 4.24. The summed E-state index contributed by atoms with van der Waals surface area (Å²) >= 11 is 7.36. The number of aromatic nitrogens is 2. The van der Waals surface area contributed by atoms with E-state index in [2.05, 4.69) is 9.97 Å². The molecule has 2 rings (SSSR count). The molecule has 78 valence electrons. The summed E-state index contributed by atoms with van der Waals surface area (Å²) in [7, 11) is 0. The topological polar surface area (TPSA) is 38.9 Å². The van der Waals surface area contributed by atoms with Crippen molar-refractivity contribution in [1.82, 2.24) is 9.97 Å². The highest BCUT2D eigenvalue weighted by atomic mass is 35.5. The van der Waals surface area contributed by atoms with Gasteiger partial charge in [0.1, 0.15) is 21.8 Å². The fourth-order valence-corrected chi connectivity index (χ4v) is 2.33. The van der Waals surface area contributed by atoms with E-state index in [4.69, 9.17) is 16.0 Å². The third-order valence-corrected chi connectivity index (χ3v) is 3.06. The van der Waals surface area contributed by atoms with Crippen molar-refractivity contribution in [2.24, 2.45) is 0 Å². The maximum Gasteiger partial charge on any atom is 0.133 e. The first-order chi connectivity index (χ1) is 7.15. The molecule has 0 aliphatic heterocycles. The second-order valence-electron chi connectivity index (χ2n) is 3.02. The molecule has 0 atom stereocenters. The average Bonchev–Trinajstić information content (AvgIpc) is 2.50. The van der Waals surface area contributed by atoms with Crippen LogP contribution in [0, 0.1) is 13.8 Å². The first-order valence-electron chi connectivity index (χ1n) is 4.38. The van der Waals surface area contributed by atoms with Crippen LogP contribution in [0.1, 0.15) is 11.6 Å². The zero-order chi connectivity index (χ0) is 10.8. The normalized spacial score (nSPS) is 10.6. The highest BCUT2D eigenvalue weighted by molar-refractivity contribution is 7.99. The van der Waals surface area contributed by atoms with E-state index in [1.54, 1.807) is 12.3 Å². The number of halogens is 1. The quantitative estimate of drug-likeness (QED) is 0.754. The fourth-order valence-electron chi connectivity index (χ4n) is 1.15. The molecule has 5 heteroatoms. The van der Waals surface area contributed by atoms with Crippen molar-refractivity contribution in [2.75, 3.05) is 0 Å². The molecule has 0 amide bonds. The van der Waals surface area contributed by atoms with Gasteiger partial charge in [-0.3, -0.25) is 0 Å². The summed E-state index contributed by atoms with van der Waals surface area (Å²) in [5.41, 5.74) is 0. The van der Waals surface area contributed by atoms with E-state index >= 15 is 0 Å². The van der Waals surface area contributed by atoms with Crippen molar-refractivity contribution in [3.63, 3.8) is 0 Å². The number of nitrogens with zero attached hydrogens (tertiary/aromatic N) is 2. The van der Waals surface area contributed by atoms with Gasteiger partial charge in [0.25, 0.3) is 0 Å². The van der Waals surface area contributed by atoms with Crippen LogP contribution in [-0.4, -0.2) is 9.97 Å². The molecule has 0 aromatic carbocycles. The minimum Gasteiger partial charge on any atom is -0.468 e. The van der Waals surface area contributed by atoms with Gasteiger partial charge >= 0.3 is 0 Å². The molecule has 2 aromatic rings. The van der Waals surface area contributed by atoms with Crippen LogP contribution in [0.4, 0.5) is 0 Å². The lowest BCUT2D eigenvalue weighted by Gasteiger charge is -2.00. The largest absolute Gasteiger partial charge is 0.468 e. The van der Waals surface area contributed by atoms with Crippen molar-refractivity contribution < 1.29 is 4.42 Å². The molecule has 2 heterocycles. The van der Waals surface area contributed by atoms with Crippen molar-refractivity contribution >= 4 is 23.4 Å². The molecule has 0 saturated carbocycles. The summed E-state index contributed by atoms with van der Waals surface area (Å²) in [6, 6.07) is 3.65. The Kier molecular flexibility index (Phi) is 2.98. The maximum atomic E-state index is 5.84. The van der Waals surface area contributed by atoms with Gasteiger partial charge in [-0.05, 0) is 19.9 Å². The van der Waals surface area contributed by atoms with Crippen molar-refractivity contribution in [1.29, 1.82) is 0 Å². The standard InChI is InChI=1S/C10H9ClN2OS/c1-6-8(3-4-14-6)15-10-5-9(11)12-7(2)13-10/h3-5H,1-2H3. The molecule has 0 saturated heterocycles. The first-order valence-corrected chi connectivity index (χ1v) is 5.58. The van der Waals surface area contributed by atoms with E-state index in [9.17, 15) is 0 Å². The Morgan fingerprint density at radius 3 is 2.73 bits per heavy atom. The Bertz CT molecular complexity index is 464. The van der Waals surface area contributed by atoms with Crippen molar-refractivity contribution in [3.05, 3.63) is 35.1 Å². The van der Waals surface area contributed by atoms with E-state index in [0.717, 1.165) is 15.7 Å². The lowest BCUT2D eigenvalue weighted by molar-refractivity contribution is 0.527. The zero-order valence-electron chi connectivity index (χ0n) is 8.32. The average molecular weight is 241 g/mol. The molecule has 0 radical (unpaired) electrons. The Balaban J connectivity index is 2.28. The SMILES string of the molecule is Cc1nc(Cl)cc(Sc2ccoc2C)n1. The molecule has 0 bridgehead atoms. The van der Waals surface area contributed by atoms with Gasteiger partial charge in [0.15, 0.2) is 0 Å². The van der Waals surface area contributed by atoms with Crippen LogP contribution in [0.15, 0.2) is 32.7 Å². The molecule has 0 aliphatic carbocycles. The lowest BCUT2D eigenvalue weighted by Crippen LogP contribution is -1.89. The van der Waals surface area contributed by atoms with Crippen LogP contribution in [-0.2, 0) is 0 Å². The minimum atomic E-state index is 0.464. The Morgan fingerprint density at radius 1 is 1.33 bits per heavy atom. The van der Waals surface area contributed by atoms with Crippen LogP contribution in [0.3, 0.4) is 0 Å². The number of hydrogen-bond donors (Lipinski definition) is 0. The fraction of sp³-hybridized carbons (Fsp3) is 0.200. The summed E-state index contributed by atoms with van der Waals surface area (Å²) in [6.45, 7) is 3.73. The predicted octanol–water partition coefficient (Wildman–Crippen LogP) is 3.49. The number of hydrogen-bond acceptors (Lipinski definition) is 4. The maximum absolute atomic E-state index is 5.84. The molecule has 0 N–H and O–H groups in total. The smallest absolute Gasteiger partial charge is 0.133 e. The number of rotatable bonds is 2. The highest BCUT2D eigenvalue weighted by Gasteiger charge is 2.06. The van der Waals surface area contributed by atoms with Gasteiger partial charge in [0, 0.05) is 6.07 Å². The molecule has 3 nitrogen and oxygen atoms in total. The third-order valence-electron chi connectivity index (χ3n) is 1.81. The summed E-state index contributed by atoms with van der Waals surface area (Å²) in [4.78, 5) is 9.32. The molecule has 15 heavy (non-hydrogen) atoms. The van der Waals surface area contributed by atoms with Gasteiger partial charge in [-0.2, -0.15) is 0 Å². The van der Waals surface area contributed by atoms with Gasteiger partial charge in [0.05, 0.1) is 11.2 Å². The van der Waals surface area contributed by atoms with Crippen molar-refractivity contribution in [3.8, 4) is 0 Å². The van der Waals surface area contributed by atoms with E-state index in [-0.39, 0.29) is 0 Å². The second-order valence-corrected chi connectivity index (χ2v) is 4.47. The molecular weight excluding hydrogens is 232 g/mol. The van der Waals surface area contributed by atoms with Gasteiger partial charge in [-0.15, -0.1) is 0 Å². The van der Waals surface area contributed by atoms with Gasteiger partial charge in [-0.25, -0.2) is 9.97 Å². The van der Waals surface area contributed by atoms with Gasteiger partial charge in [0.2, 0.25) is 0 Å². The monoisotopic (exact) mass is 240 g/mol. The van der Waals surface area contributed by atoms with Crippen LogP contribution in [0.2, 0.25) is 5.15 Å². The zero-order valence-corrected chi connectivity index (χ0v) is 9.89. The highest BCUT2D eigenvalue weighted by Crippen LogP contribution is 2.30. The van der Waals surface area contributed by atoms with Crippen LogP contribution >= 0.6 is 23.4 Å². The van der Waals surface area contributed by atoms with E-state index in [0.29, 0.717) is 11.0 Å². The number of aryl methyl sites for hydroxylation is 2. The van der Waals surface area contributed by atoms with Crippen LogP contribution in [0.25, 0.3) is 0 Å². The Labute approximate surface area is 96.9 Å². The summed E-state index contributed by atoms with van der Waals surface area (Å²) in [6.07, 6.45) is 1.66. The summed E-state index contributed by atoms with van der Waals surface area (Å²) in [5.74, 6) is 1.55. The Morgan fingerprint density at radius 2 is 2.13 bits per heavy atom. The Hall–Kier alpha value is -1.00. The summed E-state index contributed by atoms with van der Waals surface area (Å²) in [5, 5.41) is 1.29. The molecule has 0 spiro atoms. The molecule has 0 fully saturated rings. The molecule has 2 aromatic heterocycles. The lowest BCUT2D eigenvalue weighted by atomic mass is 10.5. The van der Waals surface area contributed by atoms with Crippen molar-refractivity contribution in [2.45, 2.75) is 23.8 Å². The predicted molar refractivity (Wildman–Crippen MR) is 59.3 cm³/mol. The summed E-state index contributed by atoms with van der Waals surface area (Å²) < 4.78 is 5.20. The third kappa shape index (κ3) is 2.52. The molecule has 0 unspecified atom stereocenters. The van der Waals surface area contributed by atoms with E-state index in [1.807, 2.05) is 19.9 Å². The van der Waals surface area contributed by atoms with Crippen LogP contribution < -0.4 is 0 Å². The number of furan rings is 1. The van der Waals surface area contributed by atoms with Gasteiger partial charge < -0.3 is 4.42 Å². The first kappa shape index (κ1) is 10.5.